The van der Waals surface area contributed by atoms with Gasteiger partial charge in [0.1, 0.15) is 0 Å². The predicted molar refractivity (Wildman–Crippen MR) is 52.4 cm³/mol. The van der Waals surface area contributed by atoms with Crippen molar-refractivity contribution in [3.05, 3.63) is 0 Å². The van der Waals surface area contributed by atoms with Crippen LogP contribution in [-0.4, -0.2) is 6.71 Å². The Bertz CT molecular complexity index is 70.5. The SMILES string of the molecule is CC(C)[BH-](C(C)C)C(C)C.[Na+]. The Morgan fingerprint density at radius 3 is 0.818 bits per heavy atom. The first-order valence-corrected chi connectivity index (χ1v) is 4.69. The summed E-state index contributed by atoms with van der Waals surface area (Å²) in [4.78, 5) is 0. The normalized spacial score (nSPS) is 11.5. The second-order valence-corrected chi connectivity index (χ2v) is 4.89. The van der Waals surface area contributed by atoms with Gasteiger partial charge in [0.25, 0.3) is 0 Å². The van der Waals surface area contributed by atoms with Crippen molar-refractivity contribution >= 4 is 6.71 Å². The van der Waals surface area contributed by atoms with Crippen molar-refractivity contribution in [2.75, 3.05) is 0 Å². The molecule has 0 saturated heterocycles. The average molecular weight is 164 g/mol. The van der Waals surface area contributed by atoms with E-state index < -0.39 is 0 Å². The Hall–Kier alpha value is 1.06. The molecule has 0 spiro atoms. The van der Waals surface area contributed by atoms with Crippen molar-refractivity contribution in [2.45, 2.75) is 59.0 Å². The first kappa shape index (κ1) is 14.6. The standard InChI is InChI=1S/C9H22B.Na/c1-7(2)10(8(3)4)9(5)6;/h7-10H,1-6H3;/q-1;+1. The minimum atomic E-state index is 0. The quantitative estimate of drug-likeness (QED) is 0.531. The molecule has 0 N–H and O–H groups in total. The maximum Gasteiger partial charge on any atom is 1.00 e. The first-order valence-electron chi connectivity index (χ1n) is 4.69. The fraction of sp³-hybridized carbons (Fsp3) is 1.00. The molecule has 0 aromatic heterocycles. The van der Waals surface area contributed by atoms with Gasteiger partial charge in [0, 0.05) is 0 Å². The van der Waals surface area contributed by atoms with Crippen molar-refractivity contribution in [3.63, 3.8) is 0 Å². The smallest absolute Gasteiger partial charge is 0.175 e. The third kappa shape index (κ3) is 5.33. The molecule has 0 fully saturated rings. The second-order valence-electron chi connectivity index (χ2n) is 4.89. The van der Waals surface area contributed by atoms with E-state index >= 15 is 0 Å². The van der Waals surface area contributed by atoms with E-state index in [0.717, 1.165) is 17.5 Å². The van der Waals surface area contributed by atoms with E-state index in [4.69, 9.17) is 0 Å². The molecule has 2 heteroatoms. The monoisotopic (exact) mass is 164 g/mol. The fourth-order valence-electron chi connectivity index (χ4n) is 2.83. The molecular formula is C9H22BNa. The van der Waals surface area contributed by atoms with Gasteiger partial charge >= 0.3 is 29.6 Å². The van der Waals surface area contributed by atoms with Gasteiger partial charge in [-0.3, -0.25) is 0 Å². The van der Waals surface area contributed by atoms with Crippen LogP contribution in [0.3, 0.4) is 0 Å². The molecule has 0 heterocycles. The van der Waals surface area contributed by atoms with Crippen molar-refractivity contribution < 1.29 is 29.6 Å². The third-order valence-corrected chi connectivity index (χ3v) is 2.83. The summed E-state index contributed by atoms with van der Waals surface area (Å²) in [6, 6.07) is 0. The molecule has 0 aliphatic carbocycles. The maximum atomic E-state index is 2.36. The largest absolute Gasteiger partial charge is 1.00 e. The van der Waals surface area contributed by atoms with Gasteiger partial charge in [0.05, 0.1) is 0 Å². The van der Waals surface area contributed by atoms with Gasteiger partial charge in [-0.25, -0.2) is 0 Å². The van der Waals surface area contributed by atoms with Gasteiger partial charge in [0.15, 0.2) is 0 Å². The Balaban J connectivity index is 0. The van der Waals surface area contributed by atoms with Gasteiger partial charge < -0.3 is 0 Å². The summed E-state index contributed by atoms with van der Waals surface area (Å²) in [5.41, 5.74) is 0. The van der Waals surface area contributed by atoms with E-state index in [1.165, 1.54) is 0 Å². The van der Waals surface area contributed by atoms with E-state index in [1.807, 2.05) is 0 Å². The van der Waals surface area contributed by atoms with Crippen LogP contribution in [-0.2, 0) is 0 Å². The van der Waals surface area contributed by atoms with E-state index in [-0.39, 0.29) is 36.3 Å². The Morgan fingerprint density at radius 1 is 0.636 bits per heavy atom. The topological polar surface area (TPSA) is 0 Å². The molecule has 0 rings (SSSR count). The van der Waals surface area contributed by atoms with Crippen LogP contribution in [0.2, 0.25) is 17.5 Å². The summed E-state index contributed by atoms with van der Waals surface area (Å²) < 4.78 is 0. The van der Waals surface area contributed by atoms with Crippen LogP contribution in [0.4, 0.5) is 0 Å². The van der Waals surface area contributed by atoms with Crippen LogP contribution >= 0.6 is 0 Å². The van der Waals surface area contributed by atoms with Crippen LogP contribution in [0.5, 0.6) is 0 Å². The summed E-state index contributed by atoms with van der Waals surface area (Å²) in [5.74, 6) is 2.75. The van der Waals surface area contributed by atoms with Crippen molar-refractivity contribution in [1.29, 1.82) is 0 Å². The zero-order valence-electron chi connectivity index (χ0n) is 9.44. The molecule has 0 aromatic rings. The summed E-state index contributed by atoms with van der Waals surface area (Å²) >= 11 is 0. The molecule has 0 aromatic carbocycles. The zero-order valence-corrected chi connectivity index (χ0v) is 11.4. The zero-order chi connectivity index (χ0) is 8.31. The van der Waals surface area contributed by atoms with Gasteiger partial charge in [-0.1, -0.05) is 41.5 Å². The molecular weight excluding hydrogens is 142 g/mol. The van der Waals surface area contributed by atoms with Crippen LogP contribution in [0, 0.1) is 0 Å². The van der Waals surface area contributed by atoms with E-state index in [1.54, 1.807) is 0 Å². The van der Waals surface area contributed by atoms with Gasteiger partial charge in [-0.05, 0) is 6.71 Å². The summed E-state index contributed by atoms with van der Waals surface area (Å²) in [6.45, 7) is 14.2. The van der Waals surface area contributed by atoms with Crippen molar-refractivity contribution in [1.82, 2.24) is 0 Å². The summed E-state index contributed by atoms with van der Waals surface area (Å²) in [7, 11) is 0. The fourth-order valence-corrected chi connectivity index (χ4v) is 2.83. The van der Waals surface area contributed by atoms with Crippen LogP contribution in [0.1, 0.15) is 41.5 Å². The van der Waals surface area contributed by atoms with Crippen molar-refractivity contribution in [3.8, 4) is 0 Å². The molecule has 62 valence electrons. The number of hydrogen-bond acceptors (Lipinski definition) is 0. The molecule has 0 unspecified atom stereocenters. The molecule has 0 radical (unpaired) electrons. The predicted octanol–water partition coefficient (Wildman–Crippen LogP) is 0.448. The van der Waals surface area contributed by atoms with Gasteiger partial charge in [-0.2, -0.15) is 17.5 Å². The maximum absolute atomic E-state index is 2.36. The Morgan fingerprint density at radius 2 is 0.818 bits per heavy atom. The molecule has 0 nitrogen and oxygen atoms in total. The molecule has 11 heavy (non-hydrogen) atoms. The third-order valence-electron chi connectivity index (χ3n) is 2.83. The van der Waals surface area contributed by atoms with Crippen LogP contribution in [0.25, 0.3) is 0 Å². The van der Waals surface area contributed by atoms with E-state index in [2.05, 4.69) is 41.5 Å². The molecule has 0 aliphatic heterocycles. The number of rotatable bonds is 3. The summed E-state index contributed by atoms with van der Waals surface area (Å²) in [6.07, 6.45) is 0. The first-order chi connectivity index (χ1) is 4.46. The van der Waals surface area contributed by atoms with Gasteiger partial charge in [0.2, 0.25) is 0 Å². The van der Waals surface area contributed by atoms with Crippen LogP contribution < -0.4 is 29.6 Å². The van der Waals surface area contributed by atoms with Crippen LogP contribution in [0.15, 0.2) is 0 Å². The van der Waals surface area contributed by atoms with E-state index in [0.29, 0.717) is 0 Å². The number of hydrogen-bond donors (Lipinski definition) is 0. The molecule has 0 atom stereocenters. The minimum absolute atomic E-state index is 0. The second kappa shape index (κ2) is 6.57. The Labute approximate surface area is 94.9 Å². The Kier molecular flexibility index (Phi) is 8.70. The average Bonchev–Trinajstić information content (AvgIpc) is 1.59. The minimum Gasteiger partial charge on any atom is -0.175 e. The van der Waals surface area contributed by atoms with Crippen molar-refractivity contribution in [2.24, 2.45) is 0 Å². The van der Waals surface area contributed by atoms with E-state index in [9.17, 15) is 0 Å². The molecule has 0 amide bonds. The molecule has 0 saturated carbocycles. The van der Waals surface area contributed by atoms with Gasteiger partial charge in [-0.15, -0.1) is 0 Å². The molecule has 0 aliphatic rings. The molecule has 0 bridgehead atoms. The summed E-state index contributed by atoms with van der Waals surface area (Å²) in [5, 5.41) is 0.